The second-order valence-electron chi connectivity index (χ2n) is 6.81. The van der Waals surface area contributed by atoms with Gasteiger partial charge in [-0.25, -0.2) is 4.98 Å². The number of hydrogen-bond donors (Lipinski definition) is 1. The van der Waals surface area contributed by atoms with Gasteiger partial charge in [0.15, 0.2) is 5.13 Å². The maximum absolute atomic E-state index is 12.9. The Bertz CT molecular complexity index is 1110. The number of anilines is 1. The summed E-state index contributed by atoms with van der Waals surface area (Å²) in [6.07, 6.45) is 3.92. The van der Waals surface area contributed by atoms with Crippen LogP contribution in [0.4, 0.5) is 10.8 Å². The van der Waals surface area contributed by atoms with Gasteiger partial charge in [0.25, 0.3) is 11.6 Å². The molecule has 0 fully saturated rings. The Labute approximate surface area is 189 Å². The van der Waals surface area contributed by atoms with E-state index in [0.29, 0.717) is 15.8 Å². The van der Waals surface area contributed by atoms with E-state index in [-0.39, 0.29) is 11.3 Å². The van der Waals surface area contributed by atoms with Crippen LogP contribution in [-0.4, -0.2) is 29.2 Å². The average molecular weight is 458 g/mol. The van der Waals surface area contributed by atoms with Crippen LogP contribution in [0.2, 0.25) is 0 Å². The third kappa shape index (κ3) is 5.05. The molecule has 0 atom stereocenters. The van der Waals surface area contributed by atoms with E-state index in [9.17, 15) is 14.9 Å². The molecular formula is C22H23N3O4S2. The number of amides is 1. The van der Waals surface area contributed by atoms with E-state index in [1.807, 2.05) is 25.3 Å². The van der Waals surface area contributed by atoms with Gasteiger partial charge in [-0.2, -0.15) is 0 Å². The number of ether oxygens (including phenoxy) is 1. The van der Waals surface area contributed by atoms with Crippen molar-refractivity contribution in [3.63, 3.8) is 0 Å². The highest BCUT2D eigenvalue weighted by molar-refractivity contribution is 7.98. The molecule has 0 bridgehead atoms. The number of thioether (sulfide) groups is 1. The number of benzene rings is 2. The maximum Gasteiger partial charge on any atom is 0.285 e. The molecule has 0 radical (unpaired) electrons. The lowest BCUT2D eigenvalue weighted by Gasteiger charge is -2.09. The summed E-state index contributed by atoms with van der Waals surface area (Å²) < 4.78 is 5.20. The fourth-order valence-electron chi connectivity index (χ4n) is 3.20. The Morgan fingerprint density at radius 3 is 2.58 bits per heavy atom. The highest BCUT2D eigenvalue weighted by Gasteiger charge is 2.25. The molecule has 31 heavy (non-hydrogen) atoms. The standard InChI is InChI=1S/C22H23N3O4S2/c1-5-6-14-7-9-15(10-8-14)20-13(2)31-22(23-20)24-21(26)16-11-19(30-4)18(29-3)12-17(16)25(27)28/h7-12H,5-6H2,1-4H3,(H,23,24,26). The number of methoxy groups -OCH3 is 1. The second kappa shape index (κ2) is 9.93. The van der Waals surface area contributed by atoms with Crippen LogP contribution in [-0.2, 0) is 6.42 Å². The lowest BCUT2D eigenvalue weighted by atomic mass is 10.1. The van der Waals surface area contributed by atoms with Gasteiger partial charge in [-0.3, -0.25) is 20.2 Å². The number of rotatable bonds is 8. The zero-order chi connectivity index (χ0) is 22.5. The van der Waals surface area contributed by atoms with Gasteiger partial charge in [-0.05, 0) is 31.2 Å². The van der Waals surface area contributed by atoms with Gasteiger partial charge in [0, 0.05) is 10.4 Å². The van der Waals surface area contributed by atoms with Gasteiger partial charge in [-0.1, -0.05) is 37.6 Å². The van der Waals surface area contributed by atoms with Crippen molar-refractivity contribution < 1.29 is 14.5 Å². The van der Waals surface area contributed by atoms with Crippen molar-refractivity contribution in [1.82, 2.24) is 4.98 Å². The molecule has 0 aliphatic rings. The summed E-state index contributed by atoms with van der Waals surface area (Å²) in [5.74, 6) is -0.224. The molecule has 1 aromatic heterocycles. The number of carbonyl (C=O) groups excluding carboxylic acids is 1. The highest BCUT2D eigenvalue weighted by Crippen LogP contribution is 2.36. The molecule has 3 rings (SSSR count). The summed E-state index contributed by atoms with van der Waals surface area (Å²) >= 11 is 2.68. The molecule has 0 saturated carbocycles. The first-order chi connectivity index (χ1) is 14.9. The number of hydrogen-bond acceptors (Lipinski definition) is 7. The lowest BCUT2D eigenvalue weighted by molar-refractivity contribution is -0.385. The Balaban J connectivity index is 1.89. The van der Waals surface area contributed by atoms with Gasteiger partial charge in [0.05, 0.1) is 28.7 Å². The van der Waals surface area contributed by atoms with Crippen LogP contribution >= 0.6 is 23.1 Å². The van der Waals surface area contributed by atoms with Crippen molar-refractivity contribution >= 4 is 39.8 Å². The van der Waals surface area contributed by atoms with Gasteiger partial charge in [-0.15, -0.1) is 23.1 Å². The molecular weight excluding hydrogens is 434 g/mol. The quantitative estimate of drug-likeness (QED) is 0.255. The van der Waals surface area contributed by atoms with E-state index in [0.717, 1.165) is 29.0 Å². The smallest absolute Gasteiger partial charge is 0.285 e. The first-order valence-electron chi connectivity index (χ1n) is 9.66. The normalized spacial score (nSPS) is 10.7. The molecule has 0 aliphatic heterocycles. The number of carbonyl (C=O) groups is 1. The van der Waals surface area contributed by atoms with Crippen molar-refractivity contribution in [3.05, 3.63) is 62.5 Å². The predicted octanol–water partition coefficient (Wildman–Crippen LogP) is 5.96. The topological polar surface area (TPSA) is 94.4 Å². The fraction of sp³-hybridized carbons (Fsp3) is 0.273. The molecule has 2 aromatic carbocycles. The number of nitro benzene ring substituents is 1. The Morgan fingerprint density at radius 1 is 1.29 bits per heavy atom. The number of thiazole rings is 1. The minimum absolute atomic E-state index is 0.0338. The zero-order valence-corrected chi connectivity index (χ0v) is 19.4. The van der Waals surface area contributed by atoms with Crippen LogP contribution in [0.5, 0.6) is 5.75 Å². The molecule has 1 N–H and O–H groups in total. The molecule has 0 aliphatic carbocycles. The summed E-state index contributed by atoms with van der Waals surface area (Å²) in [6.45, 7) is 4.08. The second-order valence-corrected chi connectivity index (χ2v) is 8.86. The third-order valence-electron chi connectivity index (χ3n) is 4.73. The number of aryl methyl sites for hydroxylation is 2. The van der Waals surface area contributed by atoms with Crippen LogP contribution in [0.15, 0.2) is 41.3 Å². The molecule has 7 nitrogen and oxygen atoms in total. The monoisotopic (exact) mass is 457 g/mol. The SMILES string of the molecule is CCCc1ccc(-c2nc(NC(=O)c3cc(SC)c(OC)cc3[N+](=O)[O-])sc2C)cc1. The molecule has 1 amide bonds. The van der Waals surface area contributed by atoms with E-state index in [1.54, 1.807) is 0 Å². The molecule has 0 spiro atoms. The maximum atomic E-state index is 12.9. The summed E-state index contributed by atoms with van der Waals surface area (Å²) in [4.78, 5) is 30.0. The van der Waals surface area contributed by atoms with Gasteiger partial charge in [0.1, 0.15) is 11.3 Å². The molecule has 3 aromatic rings. The third-order valence-corrected chi connectivity index (χ3v) is 6.37. The van der Waals surface area contributed by atoms with Gasteiger partial charge >= 0.3 is 0 Å². The largest absolute Gasteiger partial charge is 0.495 e. The van der Waals surface area contributed by atoms with E-state index >= 15 is 0 Å². The van der Waals surface area contributed by atoms with Crippen LogP contribution in [0, 0.1) is 17.0 Å². The lowest BCUT2D eigenvalue weighted by Crippen LogP contribution is -2.14. The number of nitrogens with one attached hydrogen (secondary N) is 1. The van der Waals surface area contributed by atoms with E-state index < -0.39 is 10.8 Å². The van der Waals surface area contributed by atoms with E-state index in [1.165, 1.54) is 47.9 Å². The van der Waals surface area contributed by atoms with Crippen LogP contribution in [0.3, 0.4) is 0 Å². The molecule has 1 heterocycles. The minimum atomic E-state index is -0.585. The minimum Gasteiger partial charge on any atom is -0.495 e. The Kier molecular flexibility index (Phi) is 7.29. The van der Waals surface area contributed by atoms with Gasteiger partial charge in [0.2, 0.25) is 0 Å². The number of aromatic nitrogens is 1. The first kappa shape index (κ1) is 22.8. The summed E-state index contributed by atoms with van der Waals surface area (Å²) in [5.41, 5.74) is 2.68. The highest BCUT2D eigenvalue weighted by atomic mass is 32.2. The van der Waals surface area contributed by atoms with Gasteiger partial charge < -0.3 is 4.74 Å². The molecule has 0 saturated heterocycles. The molecule has 0 unspecified atom stereocenters. The van der Waals surface area contributed by atoms with Crippen molar-refractivity contribution in [2.24, 2.45) is 0 Å². The Hall–Kier alpha value is -2.91. The zero-order valence-electron chi connectivity index (χ0n) is 17.7. The van der Waals surface area contributed by atoms with E-state index in [2.05, 4.69) is 29.4 Å². The summed E-state index contributed by atoms with van der Waals surface area (Å²) in [5, 5.41) is 14.6. The van der Waals surface area contributed by atoms with E-state index in [4.69, 9.17) is 4.74 Å². The predicted molar refractivity (Wildman–Crippen MR) is 126 cm³/mol. The fourth-order valence-corrected chi connectivity index (χ4v) is 4.61. The van der Waals surface area contributed by atoms with Crippen molar-refractivity contribution in [2.75, 3.05) is 18.7 Å². The molecule has 162 valence electrons. The van der Waals surface area contributed by atoms with Crippen molar-refractivity contribution in [1.29, 1.82) is 0 Å². The van der Waals surface area contributed by atoms with Crippen molar-refractivity contribution in [2.45, 2.75) is 31.6 Å². The van der Waals surface area contributed by atoms with Crippen LogP contribution in [0.25, 0.3) is 11.3 Å². The Morgan fingerprint density at radius 2 is 2.00 bits per heavy atom. The average Bonchev–Trinajstić information content (AvgIpc) is 3.13. The number of nitrogens with zero attached hydrogens (tertiary/aromatic N) is 2. The summed E-state index contributed by atoms with van der Waals surface area (Å²) in [7, 11) is 1.44. The summed E-state index contributed by atoms with van der Waals surface area (Å²) in [6, 6.07) is 11.0. The van der Waals surface area contributed by atoms with Crippen LogP contribution in [0.1, 0.15) is 34.1 Å². The molecule has 9 heteroatoms. The van der Waals surface area contributed by atoms with Crippen LogP contribution < -0.4 is 10.1 Å². The first-order valence-corrected chi connectivity index (χ1v) is 11.7. The number of nitro groups is 1. The van der Waals surface area contributed by atoms with Crippen molar-refractivity contribution in [3.8, 4) is 17.0 Å².